The lowest BCUT2D eigenvalue weighted by atomic mass is 9.50. The van der Waals surface area contributed by atoms with E-state index in [9.17, 15) is 5.11 Å². The third-order valence-corrected chi connectivity index (χ3v) is 15.9. The maximum atomic E-state index is 10.2. The molecular weight excluding hydrogens is 420 g/mol. The highest BCUT2D eigenvalue weighted by atomic mass is 28.4. The van der Waals surface area contributed by atoms with Gasteiger partial charge in [-0.1, -0.05) is 71.3 Å². The van der Waals surface area contributed by atoms with Crippen LogP contribution in [-0.4, -0.2) is 26.1 Å². The fourth-order valence-corrected chi connectivity index (χ4v) is 9.66. The third-order valence-electron chi connectivity index (χ3n) is 11.3. The highest BCUT2D eigenvalue weighted by molar-refractivity contribution is 6.74. The van der Waals surface area contributed by atoms with Crippen molar-refractivity contribution < 1.29 is 9.53 Å². The fourth-order valence-electron chi connectivity index (χ4n) is 8.27. The van der Waals surface area contributed by atoms with Gasteiger partial charge < -0.3 is 9.53 Å². The van der Waals surface area contributed by atoms with Crippen LogP contribution >= 0.6 is 0 Å². The molecule has 0 spiro atoms. The van der Waals surface area contributed by atoms with Gasteiger partial charge in [-0.15, -0.1) is 0 Å². The molecule has 3 fully saturated rings. The Balaban J connectivity index is 1.56. The van der Waals surface area contributed by atoms with Gasteiger partial charge in [0.15, 0.2) is 8.32 Å². The number of hydrogen-bond acceptors (Lipinski definition) is 2. The van der Waals surface area contributed by atoms with Crippen LogP contribution in [0.1, 0.15) is 99.3 Å². The van der Waals surface area contributed by atoms with E-state index in [4.69, 9.17) is 4.43 Å². The first-order chi connectivity index (χ1) is 15.4. The summed E-state index contributed by atoms with van der Waals surface area (Å²) in [6.45, 7) is 19.7. The summed E-state index contributed by atoms with van der Waals surface area (Å²) in [7, 11) is -1.73. The second-order valence-corrected chi connectivity index (χ2v) is 18.8. The summed E-state index contributed by atoms with van der Waals surface area (Å²) in [5, 5.41) is 10.4. The number of aliphatic hydroxyl groups excluding tert-OH is 1. The lowest BCUT2D eigenvalue weighted by Gasteiger charge is -2.56. The highest BCUT2D eigenvalue weighted by Crippen LogP contribution is 2.66. The summed E-state index contributed by atoms with van der Waals surface area (Å²) in [6.07, 6.45) is 16.8. The molecule has 0 aromatic carbocycles. The summed E-state index contributed by atoms with van der Waals surface area (Å²) < 4.78 is 6.89. The Morgan fingerprint density at radius 3 is 2.42 bits per heavy atom. The first-order valence-electron chi connectivity index (χ1n) is 14.1. The highest BCUT2D eigenvalue weighted by Gasteiger charge is 2.57. The zero-order valence-corrected chi connectivity index (χ0v) is 24.0. The Labute approximate surface area is 205 Å². The molecule has 0 aromatic heterocycles. The van der Waals surface area contributed by atoms with E-state index in [-0.39, 0.29) is 5.04 Å². The molecule has 1 N–H and O–H groups in total. The van der Waals surface area contributed by atoms with Gasteiger partial charge in [0.25, 0.3) is 0 Å². The Kier molecular flexibility index (Phi) is 6.95. The molecule has 0 amide bonds. The van der Waals surface area contributed by atoms with Crippen LogP contribution in [0.2, 0.25) is 18.1 Å². The molecule has 0 heterocycles. The van der Waals surface area contributed by atoms with Crippen LogP contribution < -0.4 is 0 Å². The second kappa shape index (κ2) is 8.93. The van der Waals surface area contributed by atoms with Gasteiger partial charge in [-0.3, -0.25) is 0 Å². The van der Waals surface area contributed by atoms with E-state index >= 15 is 0 Å². The van der Waals surface area contributed by atoms with Gasteiger partial charge in [-0.25, -0.2) is 0 Å². The number of fused-ring (bicyclic) bond motifs is 5. The maximum absolute atomic E-state index is 10.2. The molecule has 3 heteroatoms. The Morgan fingerprint density at radius 1 is 1.06 bits per heavy atom. The molecule has 0 saturated heterocycles. The molecule has 0 bridgehead atoms. The van der Waals surface area contributed by atoms with Gasteiger partial charge in [0.2, 0.25) is 0 Å². The van der Waals surface area contributed by atoms with Crippen LogP contribution in [-0.2, 0) is 4.43 Å². The monoisotopic (exact) mass is 472 g/mol. The molecule has 0 aromatic rings. The molecule has 0 radical (unpaired) electrons. The van der Waals surface area contributed by atoms with Gasteiger partial charge in [-0.05, 0) is 104 Å². The number of rotatable bonds is 6. The molecule has 4 aliphatic carbocycles. The number of hydrogen-bond donors (Lipinski definition) is 1. The van der Waals surface area contributed by atoms with Gasteiger partial charge in [0.05, 0.1) is 0 Å². The van der Waals surface area contributed by atoms with Crippen LogP contribution in [0.3, 0.4) is 0 Å². The van der Waals surface area contributed by atoms with Crippen molar-refractivity contribution in [2.45, 2.75) is 124 Å². The first kappa shape index (κ1) is 25.7. The zero-order chi connectivity index (χ0) is 24.2. The Bertz CT molecular complexity index is 790. The van der Waals surface area contributed by atoms with Crippen molar-refractivity contribution in [1.29, 1.82) is 0 Å². The summed E-state index contributed by atoms with van der Waals surface area (Å²) in [4.78, 5) is 0. The second-order valence-electron chi connectivity index (χ2n) is 14.1. The quantitative estimate of drug-likeness (QED) is 0.394. The fraction of sp³-hybridized carbons (Fsp3) is 0.867. The molecule has 3 saturated carbocycles. The Hall–Kier alpha value is -0.383. The summed E-state index contributed by atoms with van der Waals surface area (Å²) in [5.41, 5.74) is 4.16. The summed E-state index contributed by atoms with van der Waals surface area (Å²) >= 11 is 0. The van der Waals surface area contributed by atoms with Gasteiger partial charge >= 0.3 is 0 Å². The molecule has 7 atom stereocenters. The van der Waals surface area contributed by atoms with Crippen molar-refractivity contribution in [2.75, 3.05) is 6.61 Å². The smallest absolute Gasteiger partial charge is 0.192 e. The average molecular weight is 473 g/mol. The molecule has 4 aliphatic rings. The van der Waals surface area contributed by atoms with Crippen molar-refractivity contribution in [3.05, 3.63) is 23.3 Å². The van der Waals surface area contributed by atoms with Crippen LogP contribution in [0.4, 0.5) is 0 Å². The first-order valence-corrected chi connectivity index (χ1v) is 17.0. The zero-order valence-electron chi connectivity index (χ0n) is 23.0. The number of allylic oxidation sites excluding steroid dienone is 3. The van der Waals surface area contributed by atoms with Crippen LogP contribution in [0.15, 0.2) is 23.3 Å². The van der Waals surface area contributed by atoms with E-state index < -0.39 is 8.32 Å². The maximum Gasteiger partial charge on any atom is 0.192 e. The minimum atomic E-state index is -1.73. The van der Waals surface area contributed by atoms with E-state index in [1.165, 1.54) is 51.4 Å². The van der Waals surface area contributed by atoms with Crippen molar-refractivity contribution in [3.8, 4) is 0 Å². The summed E-state index contributed by atoms with van der Waals surface area (Å²) in [5.74, 6) is 2.64. The van der Waals surface area contributed by atoms with Crippen LogP contribution in [0, 0.1) is 34.5 Å². The van der Waals surface area contributed by atoms with Crippen molar-refractivity contribution >= 4 is 8.32 Å². The van der Waals surface area contributed by atoms with E-state index in [1.807, 2.05) is 0 Å². The molecular formula is C30H52O2Si. The van der Waals surface area contributed by atoms with E-state index in [0.717, 1.165) is 18.3 Å². The SMILES string of the molecule is CCC[C@@H](CO)[C@H]1CC[C@H]2C3=CC=C4CC(O[Si](C)(C)C(C)(C)C)CC[C@]4(C)[C@H]3CC[C@]12C. The van der Waals surface area contributed by atoms with E-state index in [0.29, 0.717) is 35.4 Å². The predicted octanol–water partition coefficient (Wildman–Crippen LogP) is 8.28. The molecule has 2 nitrogen and oxygen atoms in total. The molecule has 188 valence electrons. The van der Waals surface area contributed by atoms with E-state index in [1.54, 1.807) is 11.1 Å². The molecule has 33 heavy (non-hydrogen) atoms. The van der Waals surface area contributed by atoms with Crippen molar-refractivity contribution in [1.82, 2.24) is 0 Å². The molecule has 1 unspecified atom stereocenters. The standard InChI is InChI=1S/C30H52O2Si/c1-9-10-21(20-31)25-13-14-26-24-12-11-22-19-23(32-33(7,8)28(2,3)4)15-17-29(22,5)27(24)16-18-30(25,26)6/h11-12,21,23,25-27,31H,9-10,13-20H2,1-8H3/t21-,23?,25+,26-,27-,29-,30+/m0/s1. The third kappa shape index (κ3) is 4.27. The minimum absolute atomic E-state index is 0.277. The van der Waals surface area contributed by atoms with Gasteiger partial charge in [-0.2, -0.15) is 0 Å². The van der Waals surface area contributed by atoms with E-state index in [2.05, 4.69) is 66.8 Å². The minimum Gasteiger partial charge on any atom is -0.414 e. The largest absolute Gasteiger partial charge is 0.414 e. The lowest BCUT2D eigenvalue weighted by molar-refractivity contribution is 0.0200. The van der Waals surface area contributed by atoms with Gasteiger partial charge in [0.1, 0.15) is 0 Å². The molecule has 4 rings (SSSR count). The van der Waals surface area contributed by atoms with Gasteiger partial charge in [0, 0.05) is 12.7 Å². The number of aliphatic hydroxyl groups is 1. The van der Waals surface area contributed by atoms with Crippen LogP contribution in [0.25, 0.3) is 0 Å². The van der Waals surface area contributed by atoms with Crippen molar-refractivity contribution in [2.24, 2.45) is 34.5 Å². The average Bonchev–Trinajstić information content (AvgIpc) is 3.08. The van der Waals surface area contributed by atoms with Crippen molar-refractivity contribution in [3.63, 3.8) is 0 Å². The Morgan fingerprint density at radius 2 is 1.79 bits per heavy atom. The predicted molar refractivity (Wildman–Crippen MR) is 143 cm³/mol. The lowest BCUT2D eigenvalue weighted by Crippen LogP contribution is -2.49. The van der Waals surface area contributed by atoms with Crippen LogP contribution in [0.5, 0.6) is 0 Å². The topological polar surface area (TPSA) is 29.5 Å². The normalized spacial score (nSPS) is 39.8. The molecule has 0 aliphatic heterocycles. The summed E-state index contributed by atoms with van der Waals surface area (Å²) in [6, 6.07) is 0.